The minimum absolute atomic E-state index is 0.142. The van der Waals surface area contributed by atoms with Crippen LogP contribution in [0, 0.1) is 0 Å². The maximum absolute atomic E-state index is 13.8. The lowest BCUT2D eigenvalue weighted by molar-refractivity contribution is -0.113. The van der Waals surface area contributed by atoms with Crippen molar-refractivity contribution in [1.29, 1.82) is 0 Å². The van der Waals surface area contributed by atoms with E-state index in [1.54, 1.807) is 74.9 Å². The molecule has 6 nitrogen and oxygen atoms in total. The average molecular weight is 798 g/mol. The van der Waals surface area contributed by atoms with Crippen LogP contribution in [0.25, 0.3) is 40.2 Å². The highest BCUT2D eigenvalue weighted by atomic mass is 35.5. The molecule has 0 fully saturated rings. The minimum atomic E-state index is -0.330. The number of aliphatic hydroxyl groups is 1. The molecule has 0 unspecified atom stereocenters. The van der Waals surface area contributed by atoms with Crippen molar-refractivity contribution in [3.05, 3.63) is 186 Å². The zero-order valence-electron chi connectivity index (χ0n) is 29.0. The lowest BCUT2D eigenvalue weighted by atomic mass is 9.85. The molecule has 0 bridgehead atoms. The molecule has 2 aliphatic rings. The summed E-state index contributed by atoms with van der Waals surface area (Å²) in [6.45, 7) is 0.721. The van der Waals surface area contributed by atoms with Crippen LogP contribution < -0.4 is 0 Å². The van der Waals surface area contributed by atoms with E-state index in [9.17, 15) is 9.90 Å². The number of aliphatic hydroxyl groups excluding tert-OH is 1. The second-order valence-corrected chi connectivity index (χ2v) is 14.1. The number of halogens is 4. The maximum atomic E-state index is 13.8. The number of methoxy groups -OCH3 is 2. The summed E-state index contributed by atoms with van der Waals surface area (Å²) in [6.07, 6.45) is 6.88. The number of hydrogen-bond donors (Lipinski definition) is 1. The Morgan fingerprint density at radius 3 is 1.89 bits per heavy atom. The van der Waals surface area contributed by atoms with E-state index in [0.29, 0.717) is 78.6 Å². The number of allylic oxidation sites excluding steroid dienone is 6. The van der Waals surface area contributed by atoms with Gasteiger partial charge in [-0.2, -0.15) is 0 Å². The summed E-state index contributed by atoms with van der Waals surface area (Å²) >= 11 is 25.2. The van der Waals surface area contributed by atoms with Crippen LogP contribution >= 0.6 is 46.4 Å². The molecular formula is C44H31Cl4O6+. The Bertz CT molecular complexity index is 2480. The summed E-state index contributed by atoms with van der Waals surface area (Å²) in [5, 5.41) is 12.9. The minimum Gasteiger partial charge on any atom is -0.506 e. The molecule has 0 amide bonds. The average Bonchev–Trinajstić information content (AvgIpc) is 3.18. The lowest BCUT2D eigenvalue weighted by Crippen LogP contribution is -2.21. The molecule has 0 atom stereocenters. The van der Waals surface area contributed by atoms with Crippen molar-refractivity contribution in [2.75, 3.05) is 14.2 Å². The van der Waals surface area contributed by atoms with Gasteiger partial charge in [0.05, 0.1) is 67.7 Å². The van der Waals surface area contributed by atoms with Gasteiger partial charge >= 0.3 is 11.5 Å². The fourth-order valence-electron chi connectivity index (χ4n) is 6.19. The Morgan fingerprint density at radius 2 is 1.24 bits per heavy atom. The molecular weight excluding hydrogens is 766 g/mol. The highest BCUT2D eigenvalue weighted by Crippen LogP contribution is 2.40. The molecule has 0 saturated carbocycles. The van der Waals surface area contributed by atoms with E-state index in [2.05, 4.69) is 0 Å². The molecule has 1 N–H and O–H groups in total. The van der Waals surface area contributed by atoms with Crippen molar-refractivity contribution in [2.45, 2.75) is 13.2 Å². The quantitative estimate of drug-likeness (QED) is 0.112. The molecule has 0 saturated heterocycles. The Labute approximate surface area is 332 Å². The highest BCUT2D eigenvalue weighted by molar-refractivity contribution is 6.42. The molecule has 54 heavy (non-hydrogen) atoms. The van der Waals surface area contributed by atoms with Crippen LogP contribution in [0.3, 0.4) is 0 Å². The Hall–Kier alpha value is -4.92. The van der Waals surface area contributed by atoms with Crippen molar-refractivity contribution in [3.63, 3.8) is 0 Å². The number of carbonyl (C=O) groups excluding carboxylic acids is 1. The van der Waals surface area contributed by atoms with Gasteiger partial charge in [0.15, 0.2) is 0 Å². The van der Waals surface area contributed by atoms with Gasteiger partial charge in [-0.3, -0.25) is 4.79 Å². The van der Waals surface area contributed by atoms with Crippen molar-refractivity contribution in [2.24, 2.45) is 0 Å². The van der Waals surface area contributed by atoms with Crippen molar-refractivity contribution < 1.29 is 28.5 Å². The summed E-state index contributed by atoms with van der Waals surface area (Å²) in [7, 11) is 3.25. The monoisotopic (exact) mass is 795 g/mol. The summed E-state index contributed by atoms with van der Waals surface area (Å²) < 4.78 is 23.7. The summed E-state index contributed by atoms with van der Waals surface area (Å²) in [4.78, 5) is 13.8. The largest absolute Gasteiger partial charge is 0.506 e. The number of carbonyl (C=O) groups is 1. The van der Waals surface area contributed by atoms with Gasteiger partial charge in [0.2, 0.25) is 5.78 Å². The first-order valence-electron chi connectivity index (χ1n) is 16.7. The number of hydrogen-bond acceptors (Lipinski definition) is 5. The summed E-state index contributed by atoms with van der Waals surface area (Å²) in [5.41, 5.74) is 6.35. The smallest absolute Gasteiger partial charge is 0.361 e. The van der Waals surface area contributed by atoms with E-state index in [4.69, 9.17) is 65.0 Å². The SMILES string of the molecule is COCc1ccccc1C1=CC(=CC2=C(O)C(=Cc3cc(-c4ccc(Cl)c(Cl)c4)[o+]c(-c4ccccc4COC)c3)C2=O)C=C(c2ccc(Cl)c(Cl)c2)O1. The lowest BCUT2D eigenvalue weighted by Gasteiger charge is -2.23. The zero-order valence-corrected chi connectivity index (χ0v) is 32.0. The van der Waals surface area contributed by atoms with Gasteiger partial charge in [0.1, 0.15) is 17.3 Å². The molecule has 2 heterocycles. The van der Waals surface area contributed by atoms with E-state index in [1.165, 1.54) is 0 Å². The maximum Gasteiger partial charge on any atom is 0.361 e. The fraction of sp³-hybridized carbons (Fsp3) is 0.0909. The molecule has 10 heteroatoms. The number of Topliss-reactive ketones (excluding diaryl/α,β-unsaturated/α-hetero) is 1. The standard InChI is InChI=1S/C44H30Cl4O6/c1-51-23-29-7-3-5-9-31(29)41-19-25(17-39(53-41)27-11-13-35(45)37(47)21-27)15-33-43(49)34(44(33)50)16-26-18-40(28-12-14-36(46)38(48)22-28)54-42(20-26)32-10-6-4-8-30(32)24-52-2/h3-22H,23-24H2,1-2H3/p+1. The van der Waals surface area contributed by atoms with E-state index < -0.39 is 0 Å². The number of rotatable bonds is 10. The molecule has 1 aromatic heterocycles. The zero-order chi connectivity index (χ0) is 37.9. The predicted molar refractivity (Wildman–Crippen MR) is 216 cm³/mol. The van der Waals surface area contributed by atoms with Crippen LogP contribution in [0.4, 0.5) is 0 Å². The second-order valence-electron chi connectivity index (χ2n) is 12.5. The highest BCUT2D eigenvalue weighted by Gasteiger charge is 2.33. The fourth-order valence-corrected chi connectivity index (χ4v) is 6.78. The van der Waals surface area contributed by atoms with Crippen molar-refractivity contribution in [3.8, 4) is 22.6 Å². The van der Waals surface area contributed by atoms with Gasteiger partial charge in [-0.25, -0.2) is 4.42 Å². The van der Waals surface area contributed by atoms with Gasteiger partial charge in [-0.15, -0.1) is 0 Å². The van der Waals surface area contributed by atoms with Crippen LogP contribution in [0.1, 0.15) is 27.8 Å². The van der Waals surface area contributed by atoms with E-state index in [1.807, 2.05) is 60.7 Å². The van der Waals surface area contributed by atoms with Crippen molar-refractivity contribution in [1.82, 2.24) is 0 Å². The third-order valence-electron chi connectivity index (χ3n) is 8.83. The van der Waals surface area contributed by atoms with Crippen LogP contribution in [-0.2, 0) is 32.2 Å². The predicted octanol–water partition coefficient (Wildman–Crippen LogP) is 12.6. The molecule has 270 valence electrons. The first-order chi connectivity index (χ1) is 26.1. The molecule has 4 aromatic carbocycles. The molecule has 1 aliphatic heterocycles. The van der Waals surface area contributed by atoms with Gasteiger partial charge < -0.3 is 19.3 Å². The van der Waals surface area contributed by atoms with Crippen LogP contribution in [0.15, 0.2) is 142 Å². The molecule has 5 aromatic rings. The number of ketones is 1. The molecule has 0 radical (unpaired) electrons. The second kappa shape index (κ2) is 16.2. The third kappa shape index (κ3) is 7.82. The topological polar surface area (TPSA) is 76.3 Å². The summed E-state index contributed by atoms with van der Waals surface area (Å²) in [6, 6.07) is 29.4. The van der Waals surface area contributed by atoms with Crippen LogP contribution in [-0.4, -0.2) is 25.1 Å². The number of ether oxygens (including phenoxy) is 3. The van der Waals surface area contributed by atoms with E-state index in [0.717, 1.165) is 22.3 Å². The molecule has 7 rings (SSSR count). The van der Waals surface area contributed by atoms with Crippen molar-refractivity contribution >= 4 is 69.8 Å². The number of benzene rings is 4. The van der Waals surface area contributed by atoms with Crippen LogP contribution in [0.5, 0.6) is 0 Å². The normalized spacial score (nSPS) is 15.6. The third-order valence-corrected chi connectivity index (χ3v) is 10.3. The first-order valence-corrected chi connectivity index (χ1v) is 18.2. The van der Waals surface area contributed by atoms with E-state index in [-0.39, 0.29) is 22.7 Å². The molecule has 1 aliphatic carbocycles. The van der Waals surface area contributed by atoms with Gasteiger partial charge in [-0.05, 0) is 89.0 Å². The molecule has 0 spiro atoms. The summed E-state index contributed by atoms with van der Waals surface area (Å²) in [5.74, 6) is 1.56. The Morgan fingerprint density at radius 1 is 0.667 bits per heavy atom. The van der Waals surface area contributed by atoms with E-state index >= 15 is 0 Å². The first kappa shape index (κ1) is 37.4. The Balaban J connectivity index is 1.31. The van der Waals surface area contributed by atoms with Gasteiger partial charge in [0.25, 0.3) is 0 Å². The Kier molecular flexibility index (Phi) is 11.2. The van der Waals surface area contributed by atoms with Gasteiger partial charge in [0, 0.05) is 25.3 Å². The van der Waals surface area contributed by atoms with Gasteiger partial charge in [-0.1, -0.05) is 88.9 Å². The van der Waals surface area contributed by atoms with Crippen LogP contribution in [0.2, 0.25) is 20.1 Å².